The maximum absolute atomic E-state index is 13.9. The van der Waals surface area contributed by atoms with Crippen LogP contribution in [-0.4, -0.2) is 66.4 Å². The highest BCUT2D eigenvalue weighted by Gasteiger charge is 2.66. The number of carbonyl (C=O) groups is 5. The normalized spacial score (nSPS) is 34.1. The number of halogens is 5. The molecule has 0 saturated heterocycles. The molecule has 16 heteroatoms. The monoisotopic (exact) mass is 699 g/mol. The molecule has 0 radical (unpaired) electrons. The first-order valence-electron chi connectivity index (χ1n) is 15.9. The number of alkyl halides is 5. The van der Waals surface area contributed by atoms with E-state index < -0.39 is 64.5 Å². The summed E-state index contributed by atoms with van der Waals surface area (Å²) in [7, 11) is -6.81. The Hall–Kier alpha value is -2.49. The lowest BCUT2D eigenvalue weighted by Crippen LogP contribution is -2.60. The summed E-state index contributed by atoms with van der Waals surface area (Å²) in [5, 5.41) is -5.95. The largest absolute Gasteiger partial charge is 0.743 e. The average molecular weight is 700 g/mol. The number of rotatable bonds is 11. The fourth-order valence-electron chi connectivity index (χ4n) is 9.06. The van der Waals surface area contributed by atoms with Gasteiger partial charge >= 0.3 is 23.4 Å². The van der Waals surface area contributed by atoms with Crippen molar-refractivity contribution in [3.8, 4) is 0 Å². The van der Waals surface area contributed by atoms with Gasteiger partial charge in [-0.25, -0.2) is 8.42 Å². The topological polar surface area (TPSA) is 161 Å². The second-order valence-corrected chi connectivity index (χ2v) is 15.7. The summed E-state index contributed by atoms with van der Waals surface area (Å²) in [6.07, 6.45) is -8.10. The standard InChI is InChI=1S/C31H41F5O10S/c1-16(6-9-24(40)45-12-4-5-25(41)46-27(30(32,33)34)31(35,36)47(42,43)44)19-7-8-20-26-21(15-23(39)29(19,20)3)28(2)11-10-18(37)13-17(28)14-22(26)38/h16-17,19-21,26-27H,4-15H2,1-3H3,(H,42,43,44)/p-1/t16-,17+,19-,20+,21+,26+,27?,28+,29-/m1/s1. The van der Waals surface area contributed by atoms with Gasteiger partial charge < -0.3 is 14.0 Å². The molecule has 0 bridgehead atoms. The van der Waals surface area contributed by atoms with E-state index in [9.17, 15) is 58.9 Å². The molecule has 0 N–H and O–H groups in total. The van der Waals surface area contributed by atoms with E-state index in [4.69, 9.17) is 4.74 Å². The van der Waals surface area contributed by atoms with Crippen molar-refractivity contribution in [2.45, 2.75) is 109 Å². The zero-order valence-corrected chi connectivity index (χ0v) is 27.2. The molecule has 4 aliphatic rings. The van der Waals surface area contributed by atoms with Gasteiger partial charge in [-0.15, -0.1) is 0 Å². The number of Topliss-reactive ketones (excluding diaryl/α,β-unsaturated/α-hetero) is 3. The second kappa shape index (κ2) is 13.1. The molecule has 0 spiro atoms. The predicted octanol–water partition coefficient (Wildman–Crippen LogP) is 4.92. The van der Waals surface area contributed by atoms with Crippen molar-refractivity contribution in [2.24, 2.45) is 46.3 Å². The van der Waals surface area contributed by atoms with Crippen LogP contribution in [0.5, 0.6) is 0 Å². The fraction of sp³-hybridized carbons (Fsp3) is 0.839. The minimum absolute atomic E-state index is 0.0355. The van der Waals surface area contributed by atoms with Crippen molar-refractivity contribution >= 4 is 39.4 Å². The third-order valence-corrected chi connectivity index (χ3v) is 12.6. The van der Waals surface area contributed by atoms with Crippen molar-refractivity contribution in [2.75, 3.05) is 6.61 Å². The van der Waals surface area contributed by atoms with E-state index in [0.717, 1.165) is 0 Å². The van der Waals surface area contributed by atoms with Crippen LogP contribution in [0.15, 0.2) is 0 Å². The van der Waals surface area contributed by atoms with Gasteiger partial charge in [-0.05, 0) is 67.1 Å². The smallest absolute Gasteiger partial charge is 0.432 e. The molecule has 4 aliphatic carbocycles. The number of esters is 2. The molecular formula is C31H40F5O10S-. The van der Waals surface area contributed by atoms with Crippen molar-refractivity contribution in [1.82, 2.24) is 0 Å². The average Bonchev–Trinajstić information content (AvgIpc) is 3.31. The Morgan fingerprint density at radius 1 is 0.979 bits per heavy atom. The molecule has 4 saturated carbocycles. The minimum Gasteiger partial charge on any atom is -0.743 e. The zero-order valence-electron chi connectivity index (χ0n) is 26.4. The molecule has 0 aromatic carbocycles. The summed E-state index contributed by atoms with van der Waals surface area (Å²) in [5.41, 5.74) is -0.985. The first-order chi connectivity index (χ1) is 21.5. The first-order valence-corrected chi connectivity index (χ1v) is 17.3. The molecule has 1 unspecified atom stereocenters. The number of carbonyl (C=O) groups excluding carboxylic acids is 5. The molecule has 10 nitrogen and oxygen atoms in total. The zero-order chi connectivity index (χ0) is 35.3. The van der Waals surface area contributed by atoms with Gasteiger partial charge in [0.1, 0.15) is 17.3 Å². The lowest BCUT2D eigenvalue weighted by atomic mass is 9.44. The van der Waals surface area contributed by atoms with E-state index >= 15 is 0 Å². The summed E-state index contributed by atoms with van der Waals surface area (Å²) < 4.78 is 106. The Kier molecular flexibility index (Phi) is 10.4. The Morgan fingerprint density at radius 3 is 2.26 bits per heavy atom. The van der Waals surface area contributed by atoms with Crippen molar-refractivity contribution in [3.05, 3.63) is 0 Å². The highest BCUT2D eigenvalue weighted by molar-refractivity contribution is 7.86. The van der Waals surface area contributed by atoms with Crippen LogP contribution in [0, 0.1) is 46.3 Å². The SMILES string of the molecule is C[C@H](CCC(=O)OCCCC(=O)OC(C(F)(F)F)C(F)(F)S(=O)(=O)[O-])[C@H]1CC[C@H]2[C@@H]3C(=O)C[C@@H]4CC(=O)CC[C@]4(C)[C@H]3CC(=O)[C@]12C. The van der Waals surface area contributed by atoms with E-state index in [1.165, 1.54) is 0 Å². The molecule has 9 atom stereocenters. The number of ketones is 3. The van der Waals surface area contributed by atoms with Gasteiger partial charge in [0.05, 0.1) is 6.61 Å². The molecule has 0 aromatic rings. The van der Waals surface area contributed by atoms with Crippen molar-refractivity contribution < 1.29 is 68.4 Å². The Balaban J connectivity index is 1.28. The molecular weight excluding hydrogens is 659 g/mol. The highest BCUT2D eigenvalue weighted by Crippen LogP contribution is 2.66. The molecule has 0 heterocycles. The van der Waals surface area contributed by atoms with Gasteiger partial charge in [-0.2, -0.15) is 22.0 Å². The summed E-state index contributed by atoms with van der Waals surface area (Å²) >= 11 is 0. The Labute approximate surface area is 269 Å². The Morgan fingerprint density at radius 2 is 1.64 bits per heavy atom. The van der Waals surface area contributed by atoms with Crippen molar-refractivity contribution in [1.29, 1.82) is 0 Å². The van der Waals surface area contributed by atoms with Crippen LogP contribution in [0.1, 0.15) is 91.4 Å². The van der Waals surface area contributed by atoms with E-state index in [-0.39, 0.29) is 71.1 Å². The van der Waals surface area contributed by atoms with Gasteiger partial charge in [0.2, 0.25) is 0 Å². The third kappa shape index (κ3) is 7.00. The maximum atomic E-state index is 13.9. The number of hydrogen-bond donors (Lipinski definition) is 0. The first kappa shape index (κ1) is 37.3. The molecule has 0 amide bonds. The molecule has 4 fully saturated rings. The van der Waals surface area contributed by atoms with Gasteiger partial charge in [0, 0.05) is 49.9 Å². The molecule has 47 heavy (non-hydrogen) atoms. The lowest BCUT2D eigenvalue weighted by Gasteiger charge is -2.58. The van der Waals surface area contributed by atoms with Gasteiger partial charge in [0.25, 0.3) is 6.10 Å². The highest BCUT2D eigenvalue weighted by atomic mass is 32.2. The molecule has 4 rings (SSSR count). The van der Waals surface area contributed by atoms with Gasteiger partial charge in [-0.3, -0.25) is 24.0 Å². The van der Waals surface area contributed by atoms with Crippen LogP contribution in [0.25, 0.3) is 0 Å². The van der Waals surface area contributed by atoms with Gasteiger partial charge in [-0.1, -0.05) is 20.8 Å². The van der Waals surface area contributed by atoms with Crippen molar-refractivity contribution in [3.63, 3.8) is 0 Å². The fourth-order valence-corrected chi connectivity index (χ4v) is 9.50. The maximum Gasteiger partial charge on any atom is 0.432 e. The summed E-state index contributed by atoms with van der Waals surface area (Å²) in [4.78, 5) is 63.7. The predicted molar refractivity (Wildman–Crippen MR) is 150 cm³/mol. The van der Waals surface area contributed by atoms with E-state index in [1.807, 2.05) is 13.8 Å². The van der Waals surface area contributed by atoms with Crippen LogP contribution in [0.2, 0.25) is 0 Å². The lowest BCUT2D eigenvalue weighted by molar-refractivity contribution is -0.259. The minimum atomic E-state index is -6.81. The summed E-state index contributed by atoms with van der Waals surface area (Å²) in [5.74, 6) is -2.87. The summed E-state index contributed by atoms with van der Waals surface area (Å²) in [6.45, 7) is 5.50. The van der Waals surface area contributed by atoms with E-state index in [2.05, 4.69) is 11.7 Å². The second-order valence-electron chi connectivity index (χ2n) is 14.2. The number of ether oxygens (including phenoxy) is 2. The quantitative estimate of drug-likeness (QED) is 0.125. The van der Waals surface area contributed by atoms with Crippen LogP contribution >= 0.6 is 0 Å². The number of hydrogen-bond acceptors (Lipinski definition) is 10. The molecule has 266 valence electrons. The van der Waals surface area contributed by atoms with Gasteiger partial charge in [0.15, 0.2) is 10.1 Å². The third-order valence-electron chi connectivity index (χ3n) is 11.7. The van der Waals surface area contributed by atoms with Crippen LogP contribution in [0.3, 0.4) is 0 Å². The van der Waals surface area contributed by atoms with Crippen LogP contribution in [-0.2, 0) is 43.6 Å². The summed E-state index contributed by atoms with van der Waals surface area (Å²) in [6, 6.07) is 0. The van der Waals surface area contributed by atoms with Crippen LogP contribution < -0.4 is 0 Å². The molecule has 0 aliphatic heterocycles. The van der Waals surface area contributed by atoms with E-state index in [0.29, 0.717) is 44.9 Å². The Bertz CT molecular complexity index is 1400. The van der Waals surface area contributed by atoms with E-state index in [1.54, 1.807) is 0 Å². The molecule has 0 aromatic heterocycles. The van der Waals surface area contributed by atoms with Crippen LogP contribution in [0.4, 0.5) is 22.0 Å². The number of fused-ring (bicyclic) bond motifs is 5.